The second-order valence-corrected chi connectivity index (χ2v) is 6.92. The van der Waals surface area contributed by atoms with Crippen LogP contribution < -0.4 is 14.8 Å². The molecule has 8 heteroatoms. The van der Waals surface area contributed by atoms with Crippen molar-refractivity contribution in [2.45, 2.75) is 12.1 Å². The molecule has 0 aliphatic heterocycles. The second-order valence-electron chi connectivity index (χ2n) is 5.98. The Kier molecular flexibility index (Phi) is 6.91. The first-order valence-electron chi connectivity index (χ1n) is 8.79. The van der Waals surface area contributed by atoms with Crippen LogP contribution in [0.4, 0.5) is 0 Å². The summed E-state index contributed by atoms with van der Waals surface area (Å²) in [7, 11) is 1.62. The predicted octanol–water partition coefficient (Wildman–Crippen LogP) is 2.87. The molecule has 0 fully saturated rings. The van der Waals surface area contributed by atoms with E-state index in [2.05, 4.69) is 15.5 Å². The van der Waals surface area contributed by atoms with Crippen LogP contribution in [0.1, 0.15) is 5.56 Å². The molecular formula is C20H22N4O3S. The van der Waals surface area contributed by atoms with E-state index in [1.54, 1.807) is 13.4 Å². The molecule has 2 aromatic carbocycles. The summed E-state index contributed by atoms with van der Waals surface area (Å²) in [6.07, 6.45) is 1.62. The van der Waals surface area contributed by atoms with Crippen LogP contribution in [-0.4, -0.2) is 46.7 Å². The molecule has 0 bridgehead atoms. The SMILES string of the molecule is COc1ccc(-n2cnnc2SCC(=O)NCCOc2ccc(C)cc2)cc1. The van der Waals surface area contributed by atoms with Gasteiger partial charge in [-0.2, -0.15) is 0 Å². The number of benzene rings is 2. The number of amides is 1. The summed E-state index contributed by atoms with van der Waals surface area (Å²) in [5.41, 5.74) is 2.08. The molecule has 146 valence electrons. The third-order valence-electron chi connectivity index (χ3n) is 3.91. The first-order valence-corrected chi connectivity index (χ1v) is 9.77. The molecule has 0 atom stereocenters. The van der Waals surface area contributed by atoms with E-state index in [0.717, 1.165) is 17.2 Å². The van der Waals surface area contributed by atoms with Gasteiger partial charge in [-0.05, 0) is 43.3 Å². The van der Waals surface area contributed by atoms with Gasteiger partial charge in [0, 0.05) is 5.69 Å². The lowest BCUT2D eigenvalue weighted by Gasteiger charge is -2.09. The van der Waals surface area contributed by atoms with Crippen molar-refractivity contribution >= 4 is 17.7 Å². The zero-order chi connectivity index (χ0) is 19.8. The van der Waals surface area contributed by atoms with Gasteiger partial charge in [0.25, 0.3) is 0 Å². The fourth-order valence-electron chi connectivity index (χ4n) is 2.42. The van der Waals surface area contributed by atoms with Crippen molar-refractivity contribution in [2.24, 2.45) is 0 Å². The fourth-order valence-corrected chi connectivity index (χ4v) is 3.18. The summed E-state index contributed by atoms with van der Waals surface area (Å²) in [5.74, 6) is 1.74. The molecule has 0 unspecified atom stereocenters. The minimum Gasteiger partial charge on any atom is -0.497 e. The second kappa shape index (κ2) is 9.80. The first kappa shape index (κ1) is 19.8. The summed E-state index contributed by atoms with van der Waals surface area (Å²) in [6, 6.07) is 15.4. The van der Waals surface area contributed by atoms with E-state index in [0.29, 0.717) is 18.3 Å². The van der Waals surface area contributed by atoms with E-state index in [1.807, 2.05) is 60.0 Å². The van der Waals surface area contributed by atoms with Gasteiger partial charge in [0.05, 0.1) is 19.4 Å². The summed E-state index contributed by atoms with van der Waals surface area (Å²) in [4.78, 5) is 12.1. The van der Waals surface area contributed by atoms with Crippen LogP contribution in [-0.2, 0) is 4.79 Å². The van der Waals surface area contributed by atoms with Gasteiger partial charge in [-0.15, -0.1) is 10.2 Å². The molecule has 0 saturated carbocycles. The third kappa shape index (κ3) is 5.50. The van der Waals surface area contributed by atoms with Gasteiger partial charge in [0.2, 0.25) is 5.91 Å². The Balaban J connectivity index is 1.43. The summed E-state index contributed by atoms with van der Waals surface area (Å²) in [6.45, 7) is 2.89. The van der Waals surface area contributed by atoms with E-state index in [4.69, 9.17) is 9.47 Å². The molecule has 0 radical (unpaired) electrons. The van der Waals surface area contributed by atoms with Crippen molar-refractivity contribution in [1.29, 1.82) is 0 Å². The van der Waals surface area contributed by atoms with Gasteiger partial charge in [-0.25, -0.2) is 0 Å². The van der Waals surface area contributed by atoms with E-state index in [9.17, 15) is 4.79 Å². The predicted molar refractivity (Wildman–Crippen MR) is 108 cm³/mol. The summed E-state index contributed by atoms with van der Waals surface area (Å²) < 4.78 is 12.6. The molecule has 0 aliphatic carbocycles. The van der Waals surface area contributed by atoms with Crippen LogP contribution in [0.2, 0.25) is 0 Å². The Hall–Kier alpha value is -3.00. The highest BCUT2D eigenvalue weighted by molar-refractivity contribution is 7.99. The van der Waals surface area contributed by atoms with Crippen LogP contribution >= 0.6 is 11.8 Å². The van der Waals surface area contributed by atoms with Crippen molar-refractivity contribution < 1.29 is 14.3 Å². The molecule has 28 heavy (non-hydrogen) atoms. The molecule has 1 N–H and O–H groups in total. The number of nitrogens with one attached hydrogen (secondary N) is 1. The molecule has 0 saturated heterocycles. The standard InChI is InChI=1S/C20H22N4O3S/c1-15-3-7-18(8-4-15)27-12-11-21-19(25)13-28-20-23-22-14-24(20)16-5-9-17(26-2)10-6-16/h3-10,14H,11-13H2,1-2H3,(H,21,25). The zero-order valence-electron chi connectivity index (χ0n) is 15.8. The number of methoxy groups -OCH3 is 1. The summed E-state index contributed by atoms with van der Waals surface area (Å²) in [5, 5.41) is 11.5. The van der Waals surface area contributed by atoms with Gasteiger partial charge < -0.3 is 14.8 Å². The number of carbonyl (C=O) groups excluding carboxylic acids is 1. The topological polar surface area (TPSA) is 78.3 Å². The molecule has 3 aromatic rings. The highest BCUT2D eigenvalue weighted by Crippen LogP contribution is 2.21. The largest absolute Gasteiger partial charge is 0.497 e. The van der Waals surface area contributed by atoms with Crippen molar-refractivity contribution in [3.63, 3.8) is 0 Å². The summed E-state index contributed by atoms with van der Waals surface area (Å²) >= 11 is 1.33. The number of ether oxygens (including phenoxy) is 2. The Morgan fingerprint density at radius 2 is 1.82 bits per heavy atom. The molecule has 1 amide bonds. The first-order chi connectivity index (χ1) is 13.7. The van der Waals surface area contributed by atoms with Gasteiger partial charge in [0.15, 0.2) is 5.16 Å². The number of thioether (sulfide) groups is 1. The number of hydrogen-bond acceptors (Lipinski definition) is 6. The maximum Gasteiger partial charge on any atom is 0.230 e. The minimum absolute atomic E-state index is 0.0817. The number of carbonyl (C=O) groups is 1. The zero-order valence-corrected chi connectivity index (χ0v) is 16.6. The molecular weight excluding hydrogens is 376 g/mol. The highest BCUT2D eigenvalue weighted by atomic mass is 32.2. The van der Waals surface area contributed by atoms with Crippen molar-refractivity contribution in [3.05, 3.63) is 60.4 Å². The minimum atomic E-state index is -0.0817. The third-order valence-corrected chi connectivity index (χ3v) is 4.86. The fraction of sp³-hybridized carbons (Fsp3) is 0.250. The van der Waals surface area contributed by atoms with Crippen LogP contribution in [0.3, 0.4) is 0 Å². The van der Waals surface area contributed by atoms with E-state index < -0.39 is 0 Å². The van der Waals surface area contributed by atoms with Gasteiger partial charge in [0.1, 0.15) is 24.4 Å². The Labute approximate surface area is 168 Å². The quantitative estimate of drug-likeness (QED) is 0.441. The van der Waals surface area contributed by atoms with Crippen molar-refractivity contribution in [1.82, 2.24) is 20.1 Å². The van der Waals surface area contributed by atoms with Gasteiger partial charge in [-0.1, -0.05) is 29.5 Å². The Morgan fingerprint density at radius 3 is 2.54 bits per heavy atom. The molecule has 3 rings (SSSR count). The maximum absolute atomic E-state index is 12.1. The number of aromatic nitrogens is 3. The van der Waals surface area contributed by atoms with Crippen LogP contribution in [0.5, 0.6) is 11.5 Å². The normalized spacial score (nSPS) is 10.5. The molecule has 0 spiro atoms. The van der Waals surface area contributed by atoms with Gasteiger partial charge in [-0.3, -0.25) is 9.36 Å². The van der Waals surface area contributed by atoms with Crippen LogP contribution in [0.25, 0.3) is 5.69 Å². The number of rotatable bonds is 9. The lowest BCUT2D eigenvalue weighted by molar-refractivity contribution is -0.118. The molecule has 1 aromatic heterocycles. The van der Waals surface area contributed by atoms with Crippen molar-refractivity contribution in [2.75, 3.05) is 26.0 Å². The molecule has 7 nitrogen and oxygen atoms in total. The van der Waals surface area contributed by atoms with E-state index >= 15 is 0 Å². The number of aryl methyl sites for hydroxylation is 1. The monoisotopic (exact) mass is 398 g/mol. The smallest absolute Gasteiger partial charge is 0.230 e. The Morgan fingerprint density at radius 1 is 1.11 bits per heavy atom. The molecule has 1 heterocycles. The lowest BCUT2D eigenvalue weighted by Crippen LogP contribution is -2.29. The molecule has 0 aliphatic rings. The average molecular weight is 398 g/mol. The van der Waals surface area contributed by atoms with Crippen LogP contribution in [0.15, 0.2) is 60.0 Å². The van der Waals surface area contributed by atoms with E-state index in [-0.39, 0.29) is 11.7 Å². The lowest BCUT2D eigenvalue weighted by atomic mass is 10.2. The van der Waals surface area contributed by atoms with Gasteiger partial charge >= 0.3 is 0 Å². The highest BCUT2D eigenvalue weighted by Gasteiger charge is 2.10. The maximum atomic E-state index is 12.1. The van der Waals surface area contributed by atoms with Crippen LogP contribution in [0, 0.1) is 6.92 Å². The van der Waals surface area contributed by atoms with E-state index in [1.165, 1.54) is 17.3 Å². The number of hydrogen-bond donors (Lipinski definition) is 1. The average Bonchev–Trinajstić information content (AvgIpc) is 3.19. The Bertz CT molecular complexity index is 895. The van der Waals surface area contributed by atoms with Crippen molar-refractivity contribution in [3.8, 4) is 17.2 Å². The number of nitrogens with zero attached hydrogens (tertiary/aromatic N) is 3.